The SMILES string of the molecule is CC(C)(C)OC(=O)NC1CCN(S)c2cc(Br)ccc21. The third kappa shape index (κ3) is 3.82. The van der Waals surface area contributed by atoms with Crippen LogP contribution in [0.15, 0.2) is 22.7 Å². The molecule has 6 heteroatoms. The van der Waals surface area contributed by atoms with Gasteiger partial charge in [-0.3, -0.25) is 0 Å². The second kappa shape index (κ2) is 5.85. The second-order valence-electron chi connectivity index (χ2n) is 5.81. The molecular formula is C14H19BrN2O2S. The van der Waals surface area contributed by atoms with Crippen LogP contribution in [-0.2, 0) is 4.74 Å². The summed E-state index contributed by atoms with van der Waals surface area (Å²) in [5.41, 5.74) is 1.58. The Hall–Kier alpha value is -0.880. The Labute approximate surface area is 133 Å². The lowest BCUT2D eigenvalue weighted by Gasteiger charge is -2.33. The third-order valence-corrected chi connectivity index (χ3v) is 3.88. The van der Waals surface area contributed by atoms with Gasteiger partial charge in [-0.05, 0) is 44.9 Å². The molecule has 2 rings (SSSR count). The minimum atomic E-state index is -0.489. The number of rotatable bonds is 1. The fraction of sp³-hybridized carbons (Fsp3) is 0.500. The number of hydrogen-bond acceptors (Lipinski definition) is 4. The zero-order valence-corrected chi connectivity index (χ0v) is 14.3. The maximum Gasteiger partial charge on any atom is 0.408 e. The van der Waals surface area contributed by atoms with E-state index in [1.165, 1.54) is 0 Å². The number of thiol groups is 1. The summed E-state index contributed by atoms with van der Waals surface area (Å²) in [7, 11) is 0. The normalized spacial score (nSPS) is 18.4. The van der Waals surface area contributed by atoms with Crippen LogP contribution < -0.4 is 9.62 Å². The molecule has 1 aliphatic rings. The van der Waals surface area contributed by atoms with Crippen LogP contribution in [0.4, 0.5) is 10.5 Å². The highest BCUT2D eigenvalue weighted by atomic mass is 79.9. The average molecular weight is 359 g/mol. The number of carbonyl (C=O) groups is 1. The fourth-order valence-electron chi connectivity index (χ4n) is 2.16. The van der Waals surface area contributed by atoms with Crippen molar-refractivity contribution in [1.29, 1.82) is 0 Å². The van der Waals surface area contributed by atoms with Crippen molar-refractivity contribution in [2.24, 2.45) is 0 Å². The van der Waals surface area contributed by atoms with Gasteiger partial charge in [0.05, 0.1) is 11.7 Å². The predicted molar refractivity (Wildman–Crippen MR) is 87.2 cm³/mol. The van der Waals surface area contributed by atoms with Gasteiger partial charge >= 0.3 is 6.09 Å². The summed E-state index contributed by atoms with van der Waals surface area (Å²) >= 11 is 7.91. The molecular weight excluding hydrogens is 340 g/mol. The van der Waals surface area contributed by atoms with Crippen LogP contribution in [0, 0.1) is 0 Å². The van der Waals surface area contributed by atoms with E-state index in [4.69, 9.17) is 4.74 Å². The van der Waals surface area contributed by atoms with Gasteiger partial charge in [-0.2, -0.15) is 0 Å². The first-order valence-electron chi connectivity index (χ1n) is 6.51. The van der Waals surface area contributed by atoms with Crippen molar-refractivity contribution in [3.63, 3.8) is 0 Å². The van der Waals surface area contributed by atoms with E-state index < -0.39 is 5.60 Å². The molecule has 0 saturated heterocycles. The van der Waals surface area contributed by atoms with Gasteiger partial charge in [0.2, 0.25) is 0 Å². The first-order chi connectivity index (χ1) is 9.26. The highest BCUT2D eigenvalue weighted by Gasteiger charge is 2.27. The van der Waals surface area contributed by atoms with Gasteiger partial charge in [0.25, 0.3) is 0 Å². The van der Waals surface area contributed by atoms with Crippen LogP contribution in [0.3, 0.4) is 0 Å². The Kier molecular flexibility index (Phi) is 4.54. The monoisotopic (exact) mass is 358 g/mol. The molecule has 1 amide bonds. The maximum atomic E-state index is 11.9. The molecule has 110 valence electrons. The zero-order chi connectivity index (χ0) is 14.9. The van der Waals surface area contributed by atoms with E-state index in [2.05, 4.69) is 34.1 Å². The smallest absolute Gasteiger partial charge is 0.408 e. The molecule has 20 heavy (non-hydrogen) atoms. The van der Waals surface area contributed by atoms with Gasteiger partial charge in [0.15, 0.2) is 0 Å². The van der Waals surface area contributed by atoms with E-state index >= 15 is 0 Å². The molecule has 1 atom stereocenters. The first-order valence-corrected chi connectivity index (χ1v) is 7.71. The van der Waals surface area contributed by atoms with Gasteiger partial charge in [0, 0.05) is 11.0 Å². The molecule has 0 fully saturated rings. The van der Waals surface area contributed by atoms with Crippen LogP contribution in [0.1, 0.15) is 38.8 Å². The van der Waals surface area contributed by atoms with E-state index in [0.717, 1.165) is 28.7 Å². The van der Waals surface area contributed by atoms with Crippen LogP contribution in [0.25, 0.3) is 0 Å². The number of benzene rings is 1. The van der Waals surface area contributed by atoms with E-state index in [-0.39, 0.29) is 12.1 Å². The van der Waals surface area contributed by atoms with Gasteiger partial charge in [0.1, 0.15) is 5.60 Å². The molecule has 1 heterocycles. The molecule has 0 aromatic heterocycles. The lowest BCUT2D eigenvalue weighted by Crippen LogP contribution is -2.38. The second-order valence-corrected chi connectivity index (χ2v) is 7.21. The van der Waals surface area contributed by atoms with Crippen molar-refractivity contribution < 1.29 is 9.53 Å². The Balaban J connectivity index is 2.16. The Morgan fingerprint density at radius 2 is 2.20 bits per heavy atom. The van der Waals surface area contributed by atoms with Crippen molar-refractivity contribution in [1.82, 2.24) is 5.32 Å². The summed E-state index contributed by atoms with van der Waals surface area (Å²) in [5, 5.41) is 2.93. The highest BCUT2D eigenvalue weighted by molar-refractivity contribution is 9.10. The average Bonchev–Trinajstić information content (AvgIpc) is 2.30. The topological polar surface area (TPSA) is 41.6 Å². The summed E-state index contributed by atoms with van der Waals surface area (Å²) in [4.78, 5) is 11.9. The minimum absolute atomic E-state index is 0.0450. The molecule has 0 aliphatic carbocycles. The summed E-state index contributed by atoms with van der Waals surface area (Å²) in [6.07, 6.45) is 0.418. The van der Waals surface area contributed by atoms with Crippen LogP contribution in [0.5, 0.6) is 0 Å². The van der Waals surface area contributed by atoms with E-state index in [1.807, 2.05) is 43.3 Å². The van der Waals surface area contributed by atoms with Crippen molar-refractivity contribution in [3.05, 3.63) is 28.2 Å². The van der Waals surface area contributed by atoms with Crippen LogP contribution >= 0.6 is 28.7 Å². The van der Waals surface area contributed by atoms with Gasteiger partial charge < -0.3 is 14.4 Å². The van der Waals surface area contributed by atoms with Crippen molar-refractivity contribution in [2.75, 3.05) is 10.8 Å². The molecule has 1 aromatic carbocycles. The summed E-state index contributed by atoms with van der Waals surface area (Å²) in [5.74, 6) is 0. The van der Waals surface area contributed by atoms with Gasteiger partial charge in [-0.25, -0.2) is 4.79 Å². The minimum Gasteiger partial charge on any atom is -0.444 e. The number of anilines is 1. The van der Waals surface area contributed by atoms with Crippen molar-refractivity contribution in [2.45, 2.75) is 38.8 Å². The number of hydrogen-bond donors (Lipinski definition) is 2. The van der Waals surface area contributed by atoms with E-state index in [1.54, 1.807) is 0 Å². The number of nitrogens with one attached hydrogen (secondary N) is 1. The maximum absolute atomic E-state index is 11.9. The van der Waals surface area contributed by atoms with Gasteiger partial charge in [-0.1, -0.05) is 34.8 Å². The predicted octanol–water partition coefficient (Wildman–Crippen LogP) is 4.07. The number of fused-ring (bicyclic) bond motifs is 1. The lowest BCUT2D eigenvalue weighted by atomic mass is 9.98. The third-order valence-electron chi connectivity index (χ3n) is 2.97. The number of ether oxygens (including phenoxy) is 1. The molecule has 1 unspecified atom stereocenters. The molecule has 4 nitrogen and oxygen atoms in total. The molecule has 0 bridgehead atoms. The van der Waals surface area contributed by atoms with Crippen LogP contribution in [0.2, 0.25) is 0 Å². The molecule has 0 saturated carbocycles. The molecule has 0 spiro atoms. The highest BCUT2D eigenvalue weighted by Crippen LogP contribution is 2.36. The number of amides is 1. The van der Waals surface area contributed by atoms with Gasteiger partial charge in [-0.15, -0.1) is 0 Å². The number of nitrogens with zero attached hydrogens (tertiary/aromatic N) is 1. The number of halogens is 1. The standard InChI is InChI=1S/C14H19BrN2O2S/c1-14(2,3)19-13(18)16-11-6-7-17(20)12-8-9(15)4-5-10(11)12/h4-5,8,11,20H,6-7H2,1-3H3,(H,16,18). The van der Waals surface area contributed by atoms with E-state index in [0.29, 0.717) is 0 Å². The summed E-state index contributed by atoms with van der Waals surface area (Å²) < 4.78 is 8.20. The molecule has 0 radical (unpaired) electrons. The molecule has 1 aromatic rings. The first kappa shape index (κ1) is 15.5. The quantitative estimate of drug-likeness (QED) is 0.743. The molecule has 1 aliphatic heterocycles. The lowest BCUT2D eigenvalue weighted by molar-refractivity contribution is 0.0501. The fourth-order valence-corrected chi connectivity index (χ4v) is 2.80. The summed E-state index contributed by atoms with van der Waals surface area (Å²) in [6, 6.07) is 5.93. The Morgan fingerprint density at radius 1 is 1.50 bits per heavy atom. The number of alkyl carbamates (subject to hydrolysis) is 1. The van der Waals surface area contributed by atoms with Crippen molar-refractivity contribution in [3.8, 4) is 0 Å². The van der Waals surface area contributed by atoms with Crippen LogP contribution in [-0.4, -0.2) is 18.2 Å². The van der Waals surface area contributed by atoms with Crippen molar-refractivity contribution >= 4 is 40.5 Å². The van der Waals surface area contributed by atoms with E-state index in [9.17, 15) is 4.79 Å². The number of carbonyl (C=O) groups excluding carboxylic acids is 1. The largest absolute Gasteiger partial charge is 0.444 e. The Bertz CT molecular complexity index is 516. The summed E-state index contributed by atoms with van der Waals surface area (Å²) in [6.45, 7) is 6.34. The Morgan fingerprint density at radius 3 is 2.85 bits per heavy atom. The molecule has 1 N–H and O–H groups in total. The zero-order valence-electron chi connectivity index (χ0n) is 11.8.